The average Bonchev–Trinajstić information content (AvgIpc) is 3.08. The van der Waals surface area contributed by atoms with E-state index >= 15 is 0 Å². The number of nitrogen functional groups attached to an aromatic ring is 1. The first-order valence-corrected chi connectivity index (χ1v) is 10.2. The third-order valence-electron chi connectivity index (χ3n) is 4.50. The van der Waals surface area contributed by atoms with Gasteiger partial charge in [-0.15, -0.1) is 10.2 Å². The van der Waals surface area contributed by atoms with Crippen LogP contribution in [0.4, 0.5) is 5.69 Å². The van der Waals surface area contributed by atoms with Crippen LogP contribution in [0, 0.1) is 0 Å². The Kier molecular flexibility index (Phi) is 6.43. The number of benzene rings is 2. The number of nitrogens with zero attached hydrogens (tertiary/aromatic N) is 3. The van der Waals surface area contributed by atoms with Crippen molar-refractivity contribution in [1.82, 2.24) is 14.9 Å². The minimum absolute atomic E-state index is 0.114. The number of methoxy groups -OCH3 is 1. The molecule has 0 saturated carbocycles. The van der Waals surface area contributed by atoms with Gasteiger partial charge in [-0.05, 0) is 48.7 Å². The molecule has 29 heavy (non-hydrogen) atoms. The molecule has 0 spiro atoms. The summed E-state index contributed by atoms with van der Waals surface area (Å²) in [6, 6.07) is 15.2. The van der Waals surface area contributed by atoms with Crippen molar-refractivity contribution in [3.8, 4) is 17.1 Å². The van der Waals surface area contributed by atoms with E-state index in [0.717, 1.165) is 22.6 Å². The molecule has 0 bridgehead atoms. The predicted molar refractivity (Wildman–Crippen MR) is 117 cm³/mol. The molecule has 7 nitrogen and oxygen atoms in total. The highest BCUT2D eigenvalue weighted by atomic mass is 32.2. The summed E-state index contributed by atoms with van der Waals surface area (Å²) < 4.78 is 6.57. The van der Waals surface area contributed by atoms with Gasteiger partial charge in [0.05, 0.1) is 12.4 Å². The van der Waals surface area contributed by atoms with Gasteiger partial charge in [0.2, 0.25) is 11.1 Å². The van der Waals surface area contributed by atoms with Crippen molar-refractivity contribution in [3.63, 3.8) is 0 Å². The van der Waals surface area contributed by atoms with Crippen molar-refractivity contribution in [2.75, 3.05) is 18.3 Å². The highest BCUT2D eigenvalue weighted by molar-refractivity contribution is 8.00. The first kappa shape index (κ1) is 20.7. The maximum Gasteiger partial charge on any atom is 0.237 e. The summed E-state index contributed by atoms with van der Waals surface area (Å²) in [4.78, 5) is 12.7. The number of nitrogens with one attached hydrogen (secondary N) is 1. The fraction of sp³-hybridized carbons (Fsp3) is 0.286. The van der Waals surface area contributed by atoms with Gasteiger partial charge < -0.3 is 15.9 Å². The standard InChI is InChI=1S/C21H25N5O2S/c1-13(2)17-7-5-6-8-18(17)23-20(27)14(3)29-21-25-24-19(26(21)22)15-9-11-16(28-4)12-10-15/h5-14H,22H2,1-4H3,(H,23,27)/t14-/m1/s1. The van der Waals surface area contributed by atoms with Crippen molar-refractivity contribution in [1.29, 1.82) is 0 Å². The van der Waals surface area contributed by atoms with E-state index in [0.29, 0.717) is 16.9 Å². The lowest BCUT2D eigenvalue weighted by atomic mass is 10.0. The first-order valence-electron chi connectivity index (χ1n) is 9.32. The Labute approximate surface area is 174 Å². The largest absolute Gasteiger partial charge is 0.497 e. The number of hydrogen-bond donors (Lipinski definition) is 2. The van der Waals surface area contributed by atoms with Crippen molar-refractivity contribution in [2.45, 2.75) is 37.1 Å². The van der Waals surface area contributed by atoms with Crippen LogP contribution >= 0.6 is 11.8 Å². The van der Waals surface area contributed by atoms with Crippen molar-refractivity contribution < 1.29 is 9.53 Å². The zero-order valence-electron chi connectivity index (χ0n) is 16.9. The van der Waals surface area contributed by atoms with E-state index in [9.17, 15) is 4.79 Å². The highest BCUT2D eigenvalue weighted by Crippen LogP contribution is 2.28. The molecule has 0 saturated heterocycles. The molecular formula is C21H25N5O2S. The summed E-state index contributed by atoms with van der Waals surface area (Å²) in [5.41, 5.74) is 2.74. The number of carbonyl (C=O) groups is 1. The number of anilines is 1. The molecule has 1 heterocycles. The number of thioether (sulfide) groups is 1. The van der Waals surface area contributed by atoms with Gasteiger partial charge in [0.15, 0.2) is 5.82 Å². The van der Waals surface area contributed by atoms with E-state index in [1.807, 2.05) is 55.5 Å². The Morgan fingerprint density at radius 2 is 1.79 bits per heavy atom. The molecule has 0 aliphatic heterocycles. The molecule has 8 heteroatoms. The van der Waals surface area contributed by atoms with Crippen LogP contribution < -0.4 is 15.9 Å². The molecule has 1 amide bonds. The smallest absolute Gasteiger partial charge is 0.237 e. The van der Waals surface area contributed by atoms with Crippen molar-refractivity contribution >= 4 is 23.4 Å². The Bertz CT molecular complexity index is 985. The molecule has 1 aromatic heterocycles. The molecule has 3 aromatic rings. The summed E-state index contributed by atoms with van der Waals surface area (Å²) in [5, 5.41) is 11.4. The third-order valence-corrected chi connectivity index (χ3v) is 5.56. The molecule has 1 atom stereocenters. The van der Waals surface area contributed by atoms with Crippen LogP contribution in [-0.4, -0.2) is 33.1 Å². The molecule has 152 valence electrons. The zero-order valence-corrected chi connectivity index (χ0v) is 17.7. The lowest BCUT2D eigenvalue weighted by molar-refractivity contribution is -0.115. The topological polar surface area (TPSA) is 95.1 Å². The number of hydrogen-bond acceptors (Lipinski definition) is 6. The molecule has 0 unspecified atom stereocenters. The van der Waals surface area contributed by atoms with E-state index in [4.69, 9.17) is 10.6 Å². The van der Waals surface area contributed by atoms with Crippen molar-refractivity contribution in [3.05, 3.63) is 54.1 Å². The van der Waals surface area contributed by atoms with Crippen LogP contribution in [0.25, 0.3) is 11.4 Å². The van der Waals surface area contributed by atoms with Crippen molar-refractivity contribution in [2.24, 2.45) is 0 Å². The maximum absolute atomic E-state index is 12.7. The molecule has 3 N–H and O–H groups in total. The maximum atomic E-state index is 12.7. The van der Waals surface area contributed by atoms with Gasteiger partial charge in [-0.1, -0.05) is 43.8 Å². The van der Waals surface area contributed by atoms with Gasteiger partial charge in [-0.3, -0.25) is 4.79 Å². The average molecular weight is 412 g/mol. The van der Waals surface area contributed by atoms with E-state index in [1.54, 1.807) is 7.11 Å². The monoisotopic (exact) mass is 411 g/mol. The summed E-state index contributed by atoms with van der Waals surface area (Å²) in [6.45, 7) is 6.02. The molecule has 0 aliphatic rings. The Balaban J connectivity index is 1.71. The summed E-state index contributed by atoms with van der Waals surface area (Å²) in [5.74, 6) is 7.65. The number of nitrogens with two attached hydrogens (primary N) is 1. The fourth-order valence-corrected chi connectivity index (χ4v) is 3.62. The van der Waals surface area contributed by atoms with Gasteiger partial charge in [0, 0.05) is 11.3 Å². The summed E-state index contributed by atoms with van der Waals surface area (Å²) in [7, 11) is 1.61. The summed E-state index contributed by atoms with van der Waals surface area (Å²) >= 11 is 1.26. The Morgan fingerprint density at radius 1 is 1.10 bits per heavy atom. The lowest BCUT2D eigenvalue weighted by Gasteiger charge is -2.16. The quantitative estimate of drug-likeness (QED) is 0.452. The van der Waals surface area contributed by atoms with Gasteiger partial charge >= 0.3 is 0 Å². The number of aromatic nitrogens is 3. The minimum atomic E-state index is -0.398. The van der Waals surface area contributed by atoms with Gasteiger partial charge in [-0.2, -0.15) is 0 Å². The number of para-hydroxylation sites is 1. The van der Waals surface area contributed by atoms with Crippen LogP contribution in [-0.2, 0) is 4.79 Å². The van der Waals surface area contributed by atoms with E-state index in [-0.39, 0.29) is 5.91 Å². The first-order chi connectivity index (χ1) is 13.9. The molecular weight excluding hydrogens is 386 g/mol. The van der Waals surface area contributed by atoms with Crippen LogP contribution in [0.1, 0.15) is 32.3 Å². The lowest BCUT2D eigenvalue weighted by Crippen LogP contribution is -2.24. The highest BCUT2D eigenvalue weighted by Gasteiger charge is 2.21. The second-order valence-electron chi connectivity index (χ2n) is 6.90. The fourth-order valence-electron chi connectivity index (χ4n) is 2.85. The third kappa shape index (κ3) is 4.71. The van der Waals surface area contributed by atoms with E-state index in [2.05, 4.69) is 29.4 Å². The molecule has 3 rings (SSSR count). The second-order valence-corrected chi connectivity index (χ2v) is 8.20. The SMILES string of the molecule is COc1ccc(-c2nnc(S[C@H](C)C(=O)Nc3ccccc3C(C)C)n2N)cc1. The van der Waals surface area contributed by atoms with Crippen LogP contribution in [0.3, 0.4) is 0 Å². The van der Waals surface area contributed by atoms with Crippen LogP contribution in [0.2, 0.25) is 0 Å². The van der Waals surface area contributed by atoms with Gasteiger partial charge in [-0.25, -0.2) is 4.68 Å². The van der Waals surface area contributed by atoms with Gasteiger partial charge in [0.25, 0.3) is 0 Å². The second kappa shape index (κ2) is 9.00. The minimum Gasteiger partial charge on any atom is -0.497 e. The molecule has 0 aliphatic carbocycles. The zero-order chi connectivity index (χ0) is 21.0. The number of carbonyl (C=O) groups excluding carboxylic acids is 1. The number of rotatable bonds is 7. The molecule has 2 aromatic carbocycles. The predicted octanol–water partition coefficient (Wildman–Crippen LogP) is 3.91. The molecule has 0 fully saturated rings. The van der Waals surface area contributed by atoms with E-state index in [1.165, 1.54) is 16.4 Å². The van der Waals surface area contributed by atoms with Gasteiger partial charge in [0.1, 0.15) is 5.75 Å². The number of ether oxygens (including phenoxy) is 1. The van der Waals surface area contributed by atoms with E-state index < -0.39 is 5.25 Å². The summed E-state index contributed by atoms with van der Waals surface area (Å²) in [6.07, 6.45) is 0. The Morgan fingerprint density at radius 3 is 2.45 bits per heavy atom. The van der Waals surface area contributed by atoms with Crippen LogP contribution in [0.5, 0.6) is 5.75 Å². The van der Waals surface area contributed by atoms with Crippen LogP contribution in [0.15, 0.2) is 53.7 Å². The normalized spacial score (nSPS) is 12.0. The number of amides is 1. The molecule has 0 radical (unpaired) electrons. The Hall–Kier alpha value is -3.00.